The van der Waals surface area contributed by atoms with E-state index in [1.807, 2.05) is 18.2 Å². The van der Waals surface area contributed by atoms with Crippen LogP contribution in [0.2, 0.25) is 0 Å². The van der Waals surface area contributed by atoms with Crippen molar-refractivity contribution in [1.29, 1.82) is 0 Å². The summed E-state index contributed by atoms with van der Waals surface area (Å²) in [7, 11) is 0. The predicted octanol–water partition coefficient (Wildman–Crippen LogP) is 4.97. The molecule has 0 radical (unpaired) electrons. The van der Waals surface area contributed by atoms with E-state index in [1.54, 1.807) is 0 Å². The van der Waals surface area contributed by atoms with E-state index in [0.717, 1.165) is 25.6 Å². The Morgan fingerprint density at radius 2 is 1.90 bits per heavy atom. The van der Waals surface area contributed by atoms with Gasteiger partial charge in [-0.1, -0.05) is 34.1 Å². The molecule has 3 heteroatoms. The molecule has 2 aromatic rings. The highest BCUT2D eigenvalue weighted by Gasteiger charge is 2.14. The molecular formula is C17H14BrIO. The molecule has 2 aromatic carbocycles. The van der Waals surface area contributed by atoms with Crippen molar-refractivity contribution in [2.24, 2.45) is 0 Å². The standard InChI is InChI=1S/C17H14BrIO/c18-14-6-7-16(19)15(10-14)17(20)9-11-4-5-12-2-1-3-13(12)8-11/h4-8,10H,1-3,9H2. The molecule has 0 amide bonds. The van der Waals surface area contributed by atoms with E-state index in [1.165, 1.54) is 24.0 Å². The minimum absolute atomic E-state index is 0.189. The molecule has 1 aliphatic carbocycles. The molecule has 0 aromatic heterocycles. The van der Waals surface area contributed by atoms with Crippen LogP contribution in [0.4, 0.5) is 0 Å². The smallest absolute Gasteiger partial charge is 0.168 e. The van der Waals surface area contributed by atoms with E-state index in [4.69, 9.17) is 0 Å². The van der Waals surface area contributed by atoms with Gasteiger partial charge >= 0.3 is 0 Å². The van der Waals surface area contributed by atoms with E-state index >= 15 is 0 Å². The molecule has 1 nitrogen and oxygen atoms in total. The first-order valence-electron chi connectivity index (χ1n) is 6.72. The number of fused-ring (bicyclic) bond motifs is 1. The molecule has 1 aliphatic rings. The van der Waals surface area contributed by atoms with E-state index in [-0.39, 0.29) is 5.78 Å². The molecule has 0 bridgehead atoms. The summed E-state index contributed by atoms with van der Waals surface area (Å²) in [6.07, 6.45) is 4.08. The van der Waals surface area contributed by atoms with Crippen LogP contribution >= 0.6 is 38.5 Å². The van der Waals surface area contributed by atoms with Gasteiger partial charge in [-0.05, 0) is 76.7 Å². The topological polar surface area (TPSA) is 17.1 Å². The van der Waals surface area contributed by atoms with Gasteiger partial charge in [0.25, 0.3) is 0 Å². The van der Waals surface area contributed by atoms with Crippen molar-refractivity contribution >= 4 is 44.3 Å². The summed E-state index contributed by atoms with van der Waals surface area (Å²) in [5.74, 6) is 0.189. The number of carbonyl (C=O) groups is 1. The monoisotopic (exact) mass is 440 g/mol. The quantitative estimate of drug-likeness (QED) is 0.486. The minimum atomic E-state index is 0.189. The van der Waals surface area contributed by atoms with Gasteiger partial charge in [-0.25, -0.2) is 0 Å². The third-order valence-corrected chi connectivity index (χ3v) is 5.19. The molecule has 0 unspecified atom stereocenters. The Kier molecular flexibility index (Phi) is 4.26. The highest BCUT2D eigenvalue weighted by Crippen LogP contribution is 2.24. The van der Waals surface area contributed by atoms with Gasteiger partial charge in [0.2, 0.25) is 0 Å². The summed E-state index contributed by atoms with van der Waals surface area (Å²) in [6.45, 7) is 0. The summed E-state index contributed by atoms with van der Waals surface area (Å²) in [5.41, 5.74) is 4.82. The van der Waals surface area contributed by atoms with Gasteiger partial charge in [0, 0.05) is 20.0 Å². The van der Waals surface area contributed by atoms with Crippen molar-refractivity contribution in [2.45, 2.75) is 25.7 Å². The zero-order chi connectivity index (χ0) is 14.1. The maximum atomic E-state index is 12.5. The van der Waals surface area contributed by atoms with Gasteiger partial charge < -0.3 is 0 Å². The van der Waals surface area contributed by atoms with Crippen LogP contribution in [-0.2, 0) is 19.3 Å². The lowest BCUT2D eigenvalue weighted by atomic mass is 10.00. The maximum absolute atomic E-state index is 12.5. The number of halogens is 2. The van der Waals surface area contributed by atoms with Crippen LogP contribution in [0.15, 0.2) is 40.9 Å². The van der Waals surface area contributed by atoms with Crippen LogP contribution in [0, 0.1) is 3.57 Å². The average Bonchev–Trinajstić information content (AvgIpc) is 2.89. The average molecular weight is 441 g/mol. The molecule has 0 saturated carbocycles. The SMILES string of the molecule is O=C(Cc1ccc2c(c1)CCC2)c1cc(Br)ccc1I. The number of ketones is 1. The van der Waals surface area contributed by atoms with Gasteiger partial charge in [0.15, 0.2) is 5.78 Å². The Morgan fingerprint density at radius 3 is 2.75 bits per heavy atom. The fraction of sp³-hybridized carbons (Fsp3) is 0.235. The van der Waals surface area contributed by atoms with Gasteiger partial charge in [-0.2, -0.15) is 0 Å². The van der Waals surface area contributed by atoms with Gasteiger partial charge in [-0.15, -0.1) is 0 Å². The van der Waals surface area contributed by atoms with Crippen molar-refractivity contribution in [3.05, 3.63) is 66.7 Å². The zero-order valence-electron chi connectivity index (χ0n) is 11.0. The number of benzene rings is 2. The fourth-order valence-corrected chi connectivity index (χ4v) is 3.72. The molecule has 0 atom stereocenters. The van der Waals surface area contributed by atoms with Crippen LogP contribution in [0.5, 0.6) is 0 Å². The Morgan fingerprint density at radius 1 is 1.10 bits per heavy atom. The number of Topliss-reactive ketones (excluding diaryl/α,β-unsaturated/α-hetero) is 1. The highest BCUT2D eigenvalue weighted by atomic mass is 127. The van der Waals surface area contributed by atoms with E-state index < -0.39 is 0 Å². The molecule has 0 fully saturated rings. The van der Waals surface area contributed by atoms with Gasteiger partial charge in [-0.3, -0.25) is 4.79 Å². The predicted molar refractivity (Wildman–Crippen MR) is 93.4 cm³/mol. The lowest BCUT2D eigenvalue weighted by molar-refractivity contribution is 0.0992. The molecule has 0 spiro atoms. The lowest BCUT2D eigenvalue weighted by Gasteiger charge is -2.07. The second-order valence-electron chi connectivity index (χ2n) is 5.18. The van der Waals surface area contributed by atoms with Crippen molar-refractivity contribution in [3.8, 4) is 0 Å². The summed E-state index contributed by atoms with van der Waals surface area (Å²) in [6, 6.07) is 12.4. The Hall–Kier alpha value is -0.680. The number of carbonyl (C=O) groups excluding carboxylic acids is 1. The first-order chi connectivity index (χ1) is 9.63. The third kappa shape index (κ3) is 2.98. The largest absolute Gasteiger partial charge is 0.294 e. The number of aryl methyl sites for hydroxylation is 2. The molecule has 0 heterocycles. The highest BCUT2D eigenvalue weighted by molar-refractivity contribution is 14.1. The molecule has 3 rings (SSSR count). The zero-order valence-corrected chi connectivity index (χ0v) is 14.7. The Labute approximate surface area is 141 Å². The molecular weight excluding hydrogens is 427 g/mol. The van der Waals surface area contributed by atoms with Crippen LogP contribution in [0.25, 0.3) is 0 Å². The number of hydrogen-bond acceptors (Lipinski definition) is 1. The van der Waals surface area contributed by atoms with Crippen LogP contribution < -0.4 is 0 Å². The maximum Gasteiger partial charge on any atom is 0.168 e. The normalized spacial score (nSPS) is 13.3. The van der Waals surface area contributed by atoms with E-state index in [2.05, 4.69) is 56.7 Å². The summed E-state index contributed by atoms with van der Waals surface area (Å²) >= 11 is 5.66. The van der Waals surface area contributed by atoms with E-state index in [9.17, 15) is 4.79 Å². The van der Waals surface area contributed by atoms with E-state index in [0.29, 0.717) is 6.42 Å². The van der Waals surface area contributed by atoms with Crippen LogP contribution in [-0.4, -0.2) is 5.78 Å². The van der Waals surface area contributed by atoms with Crippen LogP contribution in [0.1, 0.15) is 33.5 Å². The van der Waals surface area contributed by atoms with Gasteiger partial charge in [0.05, 0.1) is 0 Å². The number of rotatable bonds is 3. The van der Waals surface area contributed by atoms with Crippen molar-refractivity contribution in [2.75, 3.05) is 0 Å². The summed E-state index contributed by atoms with van der Waals surface area (Å²) in [5, 5.41) is 0. The fourth-order valence-electron chi connectivity index (χ4n) is 2.73. The lowest BCUT2D eigenvalue weighted by Crippen LogP contribution is -2.06. The summed E-state index contributed by atoms with van der Waals surface area (Å²) < 4.78 is 1.96. The molecule has 20 heavy (non-hydrogen) atoms. The van der Waals surface area contributed by atoms with Crippen molar-refractivity contribution in [1.82, 2.24) is 0 Å². The number of hydrogen-bond donors (Lipinski definition) is 0. The second kappa shape index (κ2) is 5.98. The second-order valence-corrected chi connectivity index (χ2v) is 7.26. The van der Waals surface area contributed by atoms with Crippen molar-refractivity contribution < 1.29 is 4.79 Å². The molecule has 0 saturated heterocycles. The van der Waals surface area contributed by atoms with Crippen LogP contribution in [0.3, 0.4) is 0 Å². The third-order valence-electron chi connectivity index (χ3n) is 3.76. The Bertz CT molecular complexity index is 679. The van der Waals surface area contributed by atoms with Crippen molar-refractivity contribution in [3.63, 3.8) is 0 Å². The first kappa shape index (κ1) is 14.3. The molecule has 0 N–H and O–H groups in total. The van der Waals surface area contributed by atoms with Gasteiger partial charge in [0.1, 0.15) is 0 Å². The summed E-state index contributed by atoms with van der Waals surface area (Å²) in [4.78, 5) is 12.5. The molecule has 0 aliphatic heterocycles. The first-order valence-corrected chi connectivity index (χ1v) is 8.59. The minimum Gasteiger partial charge on any atom is -0.294 e. The molecule has 102 valence electrons. The Balaban J connectivity index is 1.84.